The van der Waals surface area contributed by atoms with Gasteiger partial charge in [-0.2, -0.15) is 0 Å². The Morgan fingerprint density at radius 2 is 1.94 bits per heavy atom. The Bertz CT molecular complexity index is 237. The van der Waals surface area contributed by atoms with Crippen molar-refractivity contribution in [3.8, 4) is 0 Å². The van der Waals surface area contributed by atoms with Crippen molar-refractivity contribution in [1.82, 2.24) is 5.32 Å². The van der Waals surface area contributed by atoms with Crippen LogP contribution in [0.5, 0.6) is 0 Å². The van der Waals surface area contributed by atoms with Gasteiger partial charge in [-0.3, -0.25) is 4.79 Å². The smallest absolute Gasteiger partial charge is 0.326 e. The average molecular weight is 265 g/mol. The first-order valence-corrected chi connectivity index (χ1v) is 6.35. The highest BCUT2D eigenvalue weighted by Crippen LogP contribution is 2.00. The quantitative estimate of drug-likeness (QED) is 0.540. The third kappa shape index (κ3) is 8.96. The lowest BCUT2D eigenvalue weighted by molar-refractivity contribution is -0.142. The molecule has 0 aromatic carbocycles. The van der Waals surface area contributed by atoms with E-state index in [1.54, 1.807) is 7.11 Å². The number of hydrogen-bond acceptors (Lipinski definition) is 5. The fraction of sp³-hybridized carbons (Fsp3) is 0.800. The van der Waals surface area contributed by atoms with E-state index in [1.807, 2.05) is 0 Å². The Kier molecular flexibility index (Phi) is 9.89. The molecule has 1 atom stereocenters. The van der Waals surface area contributed by atoms with Gasteiger partial charge >= 0.3 is 5.97 Å². The number of carbonyl (C=O) groups excluding carboxylic acids is 1. The van der Waals surface area contributed by atoms with Gasteiger partial charge in [-0.25, -0.2) is 4.79 Å². The van der Waals surface area contributed by atoms with Crippen LogP contribution >= 0.6 is 11.8 Å². The highest BCUT2D eigenvalue weighted by Gasteiger charge is 2.19. The predicted molar refractivity (Wildman–Crippen MR) is 65.3 cm³/mol. The molecular formula is C10H19NO5S. The molecule has 1 amide bonds. The normalized spacial score (nSPS) is 12.1. The molecule has 0 rings (SSSR count). The molecule has 7 heteroatoms. The number of amides is 1. The van der Waals surface area contributed by atoms with Crippen LogP contribution in [-0.4, -0.2) is 62.0 Å². The SMILES string of the molecule is COCCSCC(=O)NC(CCOC)C(=O)O. The van der Waals surface area contributed by atoms with Crippen LogP contribution in [0.1, 0.15) is 6.42 Å². The minimum Gasteiger partial charge on any atom is -0.480 e. The summed E-state index contributed by atoms with van der Waals surface area (Å²) in [7, 11) is 3.08. The van der Waals surface area contributed by atoms with E-state index in [4.69, 9.17) is 14.6 Å². The van der Waals surface area contributed by atoms with E-state index in [9.17, 15) is 9.59 Å². The molecule has 0 aromatic heterocycles. The largest absolute Gasteiger partial charge is 0.480 e. The van der Waals surface area contributed by atoms with Crippen LogP contribution in [0.2, 0.25) is 0 Å². The van der Waals surface area contributed by atoms with Crippen LogP contribution in [0.3, 0.4) is 0 Å². The summed E-state index contributed by atoms with van der Waals surface area (Å²) in [5, 5.41) is 11.3. The zero-order valence-electron chi connectivity index (χ0n) is 10.1. The Morgan fingerprint density at radius 1 is 1.29 bits per heavy atom. The first kappa shape index (κ1) is 16.2. The number of rotatable bonds is 10. The molecule has 0 spiro atoms. The molecule has 0 aliphatic rings. The van der Waals surface area contributed by atoms with Crippen molar-refractivity contribution in [1.29, 1.82) is 0 Å². The van der Waals surface area contributed by atoms with Gasteiger partial charge in [0, 0.05) is 33.0 Å². The monoisotopic (exact) mass is 265 g/mol. The summed E-state index contributed by atoms with van der Waals surface area (Å²) in [4.78, 5) is 22.2. The topological polar surface area (TPSA) is 84.9 Å². The summed E-state index contributed by atoms with van der Waals surface area (Å²) in [6.45, 7) is 0.873. The van der Waals surface area contributed by atoms with Gasteiger partial charge in [0.05, 0.1) is 12.4 Å². The van der Waals surface area contributed by atoms with E-state index in [0.29, 0.717) is 19.0 Å². The number of nitrogens with one attached hydrogen (secondary N) is 1. The lowest BCUT2D eigenvalue weighted by Gasteiger charge is -2.13. The Labute approximate surface area is 105 Å². The van der Waals surface area contributed by atoms with Gasteiger partial charge in [0.2, 0.25) is 5.91 Å². The summed E-state index contributed by atoms with van der Waals surface area (Å²) in [6.07, 6.45) is 0.264. The minimum absolute atomic E-state index is 0.236. The van der Waals surface area contributed by atoms with Crippen LogP contribution in [0, 0.1) is 0 Å². The lowest BCUT2D eigenvalue weighted by Crippen LogP contribution is -2.42. The van der Waals surface area contributed by atoms with E-state index in [0.717, 1.165) is 0 Å². The zero-order valence-corrected chi connectivity index (χ0v) is 10.9. The minimum atomic E-state index is -1.04. The molecular weight excluding hydrogens is 246 g/mol. The summed E-state index contributed by atoms with van der Waals surface area (Å²) in [5.74, 6) is -0.383. The maximum Gasteiger partial charge on any atom is 0.326 e. The molecule has 100 valence electrons. The van der Waals surface area contributed by atoms with E-state index in [2.05, 4.69) is 5.32 Å². The number of carboxylic acid groups (broad SMARTS) is 1. The predicted octanol–water partition coefficient (Wildman–Crippen LogP) is -0.0281. The second kappa shape index (κ2) is 10.4. The van der Waals surface area contributed by atoms with Crippen molar-refractivity contribution in [3.05, 3.63) is 0 Å². The first-order valence-electron chi connectivity index (χ1n) is 5.19. The highest BCUT2D eigenvalue weighted by molar-refractivity contribution is 7.99. The molecule has 1 unspecified atom stereocenters. The van der Waals surface area contributed by atoms with Crippen molar-refractivity contribution < 1.29 is 24.2 Å². The third-order valence-corrected chi connectivity index (χ3v) is 2.83. The number of hydrogen-bond donors (Lipinski definition) is 2. The van der Waals surface area contributed by atoms with Crippen molar-refractivity contribution in [2.24, 2.45) is 0 Å². The molecule has 0 fully saturated rings. The maximum absolute atomic E-state index is 11.4. The molecule has 6 nitrogen and oxygen atoms in total. The number of carbonyl (C=O) groups is 2. The molecule has 2 N–H and O–H groups in total. The summed E-state index contributed by atoms with van der Waals surface area (Å²) in [6, 6.07) is -0.884. The zero-order chi connectivity index (χ0) is 13.1. The van der Waals surface area contributed by atoms with E-state index >= 15 is 0 Å². The number of methoxy groups -OCH3 is 2. The van der Waals surface area contributed by atoms with Gasteiger partial charge < -0.3 is 19.9 Å². The van der Waals surface area contributed by atoms with Gasteiger partial charge in [-0.1, -0.05) is 0 Å². The number of ether oxygens (including phenoxy) is 2. The number of thioether (sulfide) groups is 1. The molecule has 0 aromatic rings. The van der Waals surface area contributed by atoms with Crippen molar-refractivity contribution in [2.45, 2.75) is 12.5 Å². The van der Waals surface area contributed by atoms with Gasteiger partial charge in [-0.15, -0.1) is 11.8 Å². The van der Waals surface area contributed by atoms with E-state index < -0.39 is 12.0 Å². The second-order valence-electron chi connectivity index (χ2n) is 3.29. The van der Waals surface area contributed by atoms with Crippen LogP contribution < -0.4 is 5.32 Å². The average Bonchev–Trinajstić information content (AvgIpc) is 2.29. The standard InChI is InChI=1S/C10H19NO5S/c1-15-4-3-8(10(13)14)11-9(12)7-17-6-5-16-2/h8H,3-7H2,1-2H3,(H,11,12)(H,13,14). The van der Waals surface area contributed by atoms with Crippen molar-refractivity contribution in [3.63, 3.8) is 0 Å². The Balaban J connectivity index is 3.83. The number of aliphatic carboxylic acids is 1. The van der Waals surface area contributed by atoms with Gasteiger partial charge in [0.15, 0.2) is 0 Å². The molecule has 0 bridgehead atoms. The van der Waals surface area contributed by atoms with Crippen LogP contribution in [0.4, 0.5) is 0 Å². The molecule has 0 heterocycles. The van der Waals surface area contributed by atoms with Crippen molar-refractivity contribution >= 4 is 23.6 Å². The molecule has 0 aliphatic carbocycles. The van der Waals surface area contributed by atoms with Crippen LogP contribution in [0.15, 0.2) is 0 Å². The third-order valence-electron chi connectivity index (χ3n) is 1.91. The summed E-state index contributed by atoms with van der Waals surface area (Å²) < 4.78 is 9.61. The summed E-state index contributed by atoms with van der Waals surface area (Å²) in [5.41, 5.74) is 0. The molecule has 0 saturated heterocycles. The number of carboxylic acids is 1. The van der Waals surface area contributed by atoms with Crippen molar-refractivity contribution in [2.75, 3.05) is 38.9 Å². The Morgan fingerprint density at radius 3 is 2.47 bits per heavy atom. The Hall–Kier alpha value is -0.790. The van der Waals surface area contributed by atoms with E-state index in [-0.39, 0.29) is 18.1 Å². The maximum atomic E-state index is 11.4. The molecule has 0 aliphatic heterocycles. The lowest BCUT2D eigenvalue weighted by atomic mass is 10.2. The molecule has 17 heavy (non-hydrogen) atoms. The van der Waals surface area contributed by atoms with Crippen LogP contribution in [0.25, 0.3) is 0 Å². The second-order valence-corrected chi connectivity index (χ2v) is 4.39. The molecule has 0 radical (unpaired) electrons. The highest BCUT2D eigenvalue weighted by atomic mass is 32.2. The van der Waals surface area contributed by atoms with Gasteiger partial charge in [0.25, 0.3) is 0 Å². The van der Waals surface area contributed by atoms with Crippen LogP contribution in [-0.2, 0) is 19.1 Å². The summed E-state index contributed by atoms with van der Waals surface area (Å²) >= 11 is 1.40. The molecule has 0 saturated carbocycles. The van der Waals surface area contributed by atoms with Gasteiger partial charge in [-0.05, 0) is 0 Å². The fourth-order valence-corrected chi connectivity index (χ4v) is 1.73. The van der Waals surface area contributed by atoms with Gasteiger partial charge in [0.1, 0.15) is 6.04 Å². The van der Waals surface area contributed by atoms with E-state index in [1.165, 1.54) is 18.9 Å². The fourth-order valence-electron chi connectivity index (χ4n) is 1.04. The first-order chi connectivity index (χ1) is 8.11.